The second-order valence-electron chi connectivity index (χ2n) is 22.6. The predicted octanol–water partition coefficient (Wildman–Crippen LogP) is 11.6. The van der Waals surface area contributed by atoms with Crippen LogP contribution in [0.5, 0.6) is 0 Å². The molecule has 2 heterocycles. The smallest absolute Gasteiger partial charge is 0.452 e. The summed E-state index contributed by atoms with van der Waals surface area (Å²) in [5, 5.41) is 0. The van der Waals surface area contributed by atoms with E-state index in [0.717, 1.165) is 38.5 Å². The average Bonchev–Trinajstić information content (AvgIpc) is 3.48. The van der Waals surface area contributed by atoms with Crippen LogP contribution < -0.4 is 0 Å². The van der Waals surface area contributed by atoms with E-state index in [1.807, 2.05) is 0 Å². The Balaban J connectivity index is 2.20. The van der Waals surface area contributed by atoms with E-state index in [1.54, 1.807) is 0 Å². The number of unbranched alkanes of at least 4 members (excludes halogenated alkanes) is 20. The molecule has 0 aromatic rings. The number of rotatable bonds is 35. The van der Waals surface area contributed by atoms with Gasteiger partial charge in [0, 0.05) is 12.8 Å². The van der Waals surface area contributed by atoms with Gasteiger partial charge in [0.05, 0.1) is 50.6 Å². The lowest BCUT2D eigenvalue weighted by molar-refractivity contribution is -0.892. The van der Waals surface area contributed by atoms with Gasteiger partial charge in [-0.2, -0.15) is 0 Å². The van der Waals surface area contributed by atoms with Gasteiger partial charge in [-0.05, 0) is 68.2 Å². The van der Waals surface area contributed by atoms with Crippen LogP contribution in [0.15, 0.2) is 0 Å². The minimum Gasteiger partial charge on any atom is -0.452 e. The van der Waals surface area contributed by atoms with Crippen molar-refractivity contribution in [2.24, 2.45) is 0 Å². The van der Waals surface area contributed by atoms with Crippen LogP contribution in [0.4, 0.5) is 0 Å². The Bertz CT molecular complexity index is 1130. The quantitative estimate of drug-likeness (QED) is 0.0269. The maximum Gasteiger partial charge on any atom is 0.517 e. The molecule has 2 rings (SSSR count). The molecule has 2 aliphatic heterocycles. The third kappa shape index (κ3) is 21.9. The standard InChI is InChI=1S/C50H100B2N2O8/c1-15-17-19-21-23-25-27-29-31-33-35-37-45(55)57-43(39-53(11,12)41-51-59-47(3,4)48(5,6)60-51)44(40-54(13,14)42-52-61-49(7,8)50(9,10)62-52)58-46(56)38-36-34-32-30-28-26-24-22-20-18-16-2/h43-44H,15-42H2,1-14H3/q+2. The Morgan fingerprint density at radius 1 is 0.419 bits per heavy atom. The lowest BCUT2D eigenvalue weighted by Crippen LogP contribution is -2.59. The summed E-state index contributed by atoms with van der Waals surface area (Å²) in [7, 11) is 7.60. The number of ether oxygens (including phenoxy) is 2. The van der Waals surface area contributed by atoms with Crippen molar-refractivity contribution in [1.29, 1.82) is 0 Å². The summed E-state index contributed by atoms with van der Waals surface area (Å²) in [5.41, 5.74) is -1.84. The predicted molar refractivity (Wildman–Crippen MR) is 258 cm³/mol. The summed E-state index contributed by atoms with van der Waals surface area (Å²) in [5.74, 6) is -0.464. The zero-order valence-electron chi connectivity index (χ0n) is 43.3. The molecule has 0 N–H and O–H groups in total. The van der Waals surface area contributed by atoms with Gasteiger partial charge in [0.25, 0.3) is 0 Å². The fraction of sp³-hybridized carbons (Fsp3) is 0.960. The molecular formula is C50H100B2N2O8+2. The SMILES string of the molecule is CCCCCCCCCCCCCC(=O)OC(C[N+](C)(C)CB1OC(C)(C)C(C)(C)O1)C(C[N+](C)(C)CB1OC(C)(C)C(C)(C)O1)OC(=O)CCCCCCCCCCCCC. The van der Waals surface area contributed by atoms with Crippen molar-refractivity contribution in [2.75, 3.05) is 54.2 Å². The summed E-state index contributed by atoms with van der Waals surface area (Å²) in [6.45, 7) is 21.9. The zero-order chi connectivity index (χ0) is 46.5. The largest absolute Gasteiger partial charge is 0.517 e. The molecule has 0 radical (unpaired) electrons. The van der Waals surface area contributed by atoms with E-state index in [0.29, 0.717) is 47.8 Å². The van der Waals surface area contributed by atoms with Crippen LogP contribution >= 0.6 is 0 Å². The van der Waals surface area contributed by atoms with Crippen LogP contribution in [0.1, 0.15) is 223 Å². The zero-order valence-corrected chi connectivity index (χ0v) is 43.3. The van der Waals surface area contributed by atoms with Gasteiger partial charge in [-0.3, -0.25) is 9.59 Å². The van der Waals surface area contributed by atoms with Crippen molar-refractivity contribution < 1.29 is 46.6 Å². The van der Waals surface area contributed by atoms with Crippen LogP contribution in [0.25, 0.3) is 0 Å². The normalized spacial score (nSPS) is 19.2. The molecule has 0 aromatic carbocycles. The Morgan fingerprint density at radius 2 is 0.645 bits per heavy atom. The molecule has 2 atom stereocenters. The van der Waals surface area contributed by atoms with Gasteiger partial charge in [-0.1, -0.05) is 142 Å². The van der Waals surface area contributed by atoms with E-state index in [4.69, 9.17) is 28.1 Å². The molecule has 362 valence electrons. The Kier molecular flexibility index (Phi) is 25.2. The highest BCUT2D eigenvalue weighted by atomic mass is 16.7. The molecule has 2 fully saturated rings. The van der Waals surface area contributed by atoms with E-state index in [1.165, 1.54) is 103 Å². The Hall–Kier alpha value is -1.17. The van der Waals surface area contributed by atoms with E-state index >= 15 is 0 Å². The van der Waals surface area contributed by atoms with E-state index in [2.05, 4.69) is 97.4 Å². The maximum atomic E-state index is 13.8. The number of likely N-dealkylation sites (N-methyl/N-ethyl adjacent to an activating group) is 2. The van der Waals surface area contributed by atoms with Gasteiger partial charge in [-0.25, -0.2) is 0 Å². The number of esters is 2. The van der Waals surface area contributed by atoms with Crippen molar-refractivity contribution in [2.45, 2.75) is 258 Å². The molecule has 10 nitrogen and oxygen atoms in total. The minimum absolute atomic E-state index is 0.232. The average molecular weight is 879 g/mol. The van der Waals surface area contributed by atoms with Crippen molar-refractivity contribution in [3.05, 3.63) is 0 Å². The Morgan fingerprint density at radius 3 is 0.887 bits per heavy atom. The van der Waals surface area contributed by atoms with Crippen LogP contribution in [0.3, 0.4) is 0 Å². The van der Waals surface area contributed by atoms with Gasteiger partial charge in [0.2, 0.25) is 0 Å². The highest BCUT2D eigenvalue weighted by Gasteiger charge is 2.55. The second-order valence-corrected chi connectivity index (χ2v) is 22.6. The van der Waals surface area contributed by atoms with Crippen LogP contribution in [-0.4, -0.2) is 124 Å². The third-order valence-corrected chi connectivity index (χ3v) is 14.2. The number of nitrogens with zero attached hydrogens (tertiary/aromatic N) is 2. The molecular weight excluding hydrogens is 778 g/mol. The first-order valence-electron chi connectivity index (χ1n) is 25.7. The summed E-state index contributed by atoms with van der Waals surface area (Å²) >= 11 is 0. The molecule has 0 amide bonds. The fourth-order valence-corrected chi connectivity index (χ4v) is 8.79. The van der Waals surface area contributed by atoms with Crippen molar-refractivity contribution in [3.63, 3.8) is 0 Å². The number of hydrogen-bond acceptors (Lipinski definition) is 8. The monoisotopic (exact) mass is 879 g/mol. The number of quaternary nitrogens is 2. The Labute approximate surface area is 383 Å². The number of carbonyl (C=O) groups is 2. The first-order valence-corrected chi connectivity index (χ1v) is 25.7. The lowest BCUT2D eigenvalue weighted by atomic mass is 9.87. The lowest BCUT2D eigenvalue weighted by Gasteiger charge is -2.39. The second kappa shape index (κ2) is 27.5. The topological polar surface area (TPSA) is 89.5 Å². The summed E-state index contributed by atoms with van der Waals surface area (Å²) in [4.78, 5) is 27.6. The van der Waals surface area contributed by atoms with E-state index in [-0.39, 0.29) is 11.9 Å². The maximum absolute atomic E-state index is 13.8. The van der Waals surface area contributed by atoms with Gasteiger partial charge in [0.1, 0.15) is 26.0 Å². The van der Waals surface area contributed by atoms with Crippen LogP contribution in [0, 0.1) is 0 Å². The van der Waals surface area contributed by atoms with E-state index < -0.39 is 48.8 Å². The molecule has 0 saturated carbocycles. The summed E-state index contributed by atoms with van der Waals surface area (Å²) < 4.78 is 39.7. The van der Waals surface area contributed by atoms with Crippen molar-refractivity contribution >= 4 is 26.2 Å². The molecule has 0 bridgehead atoms. The van der Waals surface area contributed by atoms with Gasteiger partial charge < -0.3 is 37.1 Å². The van der Waals surface area contributed by atoms with Crippen LogP contribution in [-0.2, 0) is 37.7 Å². The van der Waals surface area contributed by atoms with Crippen molar-refractivity contribution in [3.8, 4) is 0 Å². The van der Waals surface area contributed by atoms with Gasteiger partial charge >= 0.3 is 26.2 Å². The molecule has 0 spiro atoms. The van der Waals surface area contributed by atoms with E-state index in [9.17, 15) is 9.59 Å². The molecule has 2 unspecified atom stereocenters. The summed E-state index contributed by atoms with van der Waals surface area (Å²) in [6, 6.07) is 0. The highest BCUT2D eigenvalue weighted by molar-refractivity contribution is 6.45. The van der Waals surface area contributed by atoms with Gasteiger partial charge in [-0.15, -0.1) is 0 Å². The van der Waals surface area contributed by atoms with Gasteiger partial charge in [0.15, 0.2) is 12.2 Å². The third-order valence-electron chi connectivity index (χ3n) is 14.2. The van der Waals surface area contributed by atoms with Crippen LogP contribution in [0.2, 0.25) is 0 Å². The minimum atomic E-state index is -0.676. The molecule has 12 heteroatoms. The molecule has 2 saturated heterocycles. The molecule has 0 aliphatic carbocycles. The number of hydrogen-bond donors (Lipinski definition) is 0. The molecule has 2 aliphatic rings. The van der Waals surface area contributed by atoms with Crippen molar-refractivity contribution in [1.82, 2.24) is 0 Å². The molecule has 0 aromatic heterocycles. The first-order chi connectivity index (χ1) is 28.9. The number of carbonyl (C=O) groups excluding carboxylic acids is 2. The fourth-order valence-electron chi connectivity index (χ4n) is 8.79. The molecule has 62 heavy (non-hydrogen) atoms. The first kappa shape index (κ1) is 57.0. The highest BCUT2D eigenvalue weighted by Crippen LogP contribution is 2.38. The summed E-state index contributed by atoms with van der Waals surface area (Å²) in [6.07, 6.45) is 27.2.